The van der Waals surface area contributed by atoms with E-state index in [9.17, 15) is 8.78 Å². The Balaban J connectivity index is 1.66. The quantitative estimate of drug-likeness (QED) is 0.715. The van der Waals surface area contributed by atoms with E-state index >= 15 is 0 Å². The van der Waals surface area contributed by atoms with Gasteiger partial charge in [0.05, 0.1) is 12.2 Å². The van der Waals surface area contributed by atoms with E-state index in [-0.39, 0.29) is 24.9 Å². The summed E-state index contributed by atoms with van der Waals surface area (Å²) in [4.78, 5) is 15.1. The molecule has 8 nitrogen and oxygen atoms in total. The summed E-state index contributed by atoms with van der Waals surface area (Å²) >= 11 is 0. The minimum atomic E-state index is -2.62. The molecular weight excluding hydrogens is 342 g/mol. The number of hydrogen-bond acceptors (Lipinski definition) is 6. The summed E-state index contributed by atoms with van der Waals surface area (Å²) in [5.41, 5.74) is 0.703. The monoisotopic (exact) mass is 358 g/mol. The summed E-state index contributed by atoms with van der Waals surface area (Å²) in [5.74, 6) is -0.810. The largest absolute Gasteiger partial charge is 0.341 e. The number of rotatable bonds is 3. The first-order chi connectivity index (χ1) is 12.6. The van der Waals surface area contributed by atoms with Crippen LogP contribution in [0.5, 0.6) is 0 Å². The summed E-state index contributed by atoms with van der Waals surface area (Å²) in [6.45, 7) is 2.01. The van der Waals surface area contributed by atoms with E-state index in [4.69, 9.17) is 0 Å². The van der Waals surface area contributed by atoms with Gasteiger partial charge in [-0.05, 0) is 6.42 Å². The van der Waals surface area contributed by atoms with Crippen molar-refractivity contribution in [3.05, 3.63) is 37.1 Å². The van der Waals surface area contributed by atoms with Crippen molar-refractivity contribution in [1.82, 2.24) is 34.3 Å². The highest BCUT2D eigenvalue weighted by Crippen LogP contribution is 2.48. The predicted molar refractivity (Wildman–Crippen MR) is 87.6 cm³/mol. The number of aromatic nitrogens is 7. The molecule has 4 heterocycles. The molecule has 26 heavy (non-hydrogen) atoms. The molecule has 0 N–H and O–H groups in total. The highest BCUT2D eigenvalue weighted by atomic mass is 19.3. The Morgan fingerprint density at radius 1 is 1.27 bits per heavy atom. The lowest BCUT2D eigenvalue weighted by molar-refractivity contribution is -0.0878. The maximum absolute atomic E-state index is 13.6. The van der Waals surface area contributed by atoms with E-state index in [0.29, 0.717) is 23.9 Å². The first-order valence-corrected chi connectivity index (χ1v) is 8.49. The lowest BCUT2D eigenvalue weighted by Crippen LogP contribution is -2.54. The number of halogens is 2. The molecule has 2 aliphatic rings. The molecule has 1 aliphatic carbocycles. The lowest BCUT2D eigenvalue weighted by Gasteiger charge is -2.48. The topological polar surface area (TPSA) is 77.5 Å². The maximum atomic E-state index is 13.6. The van der Waals surface area contributed by atoms with E-state index in [1.165, 1.54) is 0 Å². The van der Waals surface area contributed by atoms with E-state index < -0.39 is 5.92 Å². The molecule has 0 saturated heterocycles. The molecule has 134 valence electrons. The molecule has 0 radical (unpaired) electrons. The van der Waals surface area contributed by atoms with Gasteiger partial charge in [-0.15, -0.1) is 10.2 Å². The fourth-order valence-corrected chi connectivity index (χ4v) is 3.78. The summed E-state index contributed by atoms with van der Waals surface area (Å²) in [6.07, 6.45) is 8.64. The van der Waals surface area contributed by atoms with Crippen LogP contribution in [0.25, 0.3) is 11.6 Å². The third-order valence-electron chi connectivity index (χ3n) is 5.03. The van der Waals surface area contributed by atoms with Crippen molar-refractivity contribution in [3.8, 4) is 11.6 Å². The summed E-state index contributed by atoms with van der Waals surface area (Å²) in [5, 5.41) is 8.23. The second kappa shape index (κ2) is 5.29. The molecule has 3 aromatic heterocycles. The standard InChI is InChI=1S/C16H16F2N8/c1-2-11-14-23-21-9-25(14)12-7-20-15(24-4-3-19-8-24)22-13(12)26(11)10-5-16(17,18)6-10/h3-4,7-11H,2,5-6H2,1H3. The summed E-state index contributed by atoms with van der Waals surface area (Å²) < 4.78 is 30.7. The molecule has 3 aromatic rings. The number of anilines is 1. The maximum Gasteiger partial charge on any atom is 0.252 e. The van der Waals surface area contributed by atoms with Crippen LogP contribution in [-0.2, 0) is 0 Å². The average Bonchev–Trinajstić information content (AvgIpc) is 3.29. The number of fused-ring (bicyclic) bond motifs is 3. The molecule has 1 fully saturated rings. The van der Waals surface area contributed by atoms with Gasteiger partial charge in [0.1, 0.15) is 18.3 Å². The van der Waals surface area contributed by atoms with Crippen molar-refractivity contribution in [3.63, 3.8) is 0 Å². The second-order valence-corrected chi connectivity index (χ2v) is 6.66. The lowest BCUT2D eigenvalue weighted by atomic mass is 9.85. The van der Waals surface area contributed by atoms with Crippen molar-refractivity contribution < 1.29 is 8.78 Å². The van der Waals surface area contributed by atoms with E-state index in [0.717, 1.165) is 5.82 Å². The fourth-order valence-electron chi connectivity index (χ4n) is 3.78. The molecule has 1 unspecified atom stereocenters. The third-order valence-corrected chi connectivity index (χ3v) is 5.03. The Kier molecular flexibility index (Phi) is 3.12. The van der Waals surface area contributed by atoms with Gasteiger partial charge in [0, 0.05) is 31.3 Å². The van der Waals surface area contributed by atoms with Gasteiger partial charge in [0.25, 0.3) is 5.92 Å². The van der Waals surface area contributed by atoms with Gasteiger partial charge in [-0.3, -0.25) is 9.13 Å². The van der Waals surface area contributed by atoms with Crippen molar-refractivity contribution in [1.29, 1.82) is 0 Å². The van der Waals surface area contributed by atoms with E-state index in [1.807, 2.05) is 16.4 Å². The van der Waals surface area contributed by atoms with Crippen LogP contribution in [0.4, 0.5) is 14.6 Å². The van der Waals surface area contributed by atoms with Crippen LogP contribution in [0.15, 0.2) is 31.2 Å². The van der Waals surface area contributed by atoms with E-state index in [2.05, 4.69) is 25.1 Å². The minimum absolute atomic E-state index is 0.156. The number of alkyl halides is 2. The molecule has 0 amide bonds. The molecule has 1 atom stereocenters. The molecule has 1 saturated carbocycles. The van der Waals surface area contributed by atoms with Crippen LogP contribution in [-0.4, -0.2) is 46.2 Å². The molecule has 5 rings (SSSR count). The first-order valence-electron chi connectivity index (χ1n) is 8.49. The zero-order valence-corrected chi connectivity index (χ0v) is 14.0. The summed E-state index contributed by atoms with van der Waals surface area (Å²) in [6, 6.07) is -0.443. The molecule has 0 aromatic carbocycles. The SMILES string of the molecule is CCC1c2nncn2-c2cnc(-n3ccnc3)nc2N1C1CC(F)(F)C1. The minimum Gasteiger partial charge on any atom is -0.341 e. The van der Waals surface area contributed by atoms with Crippen LogP contribution in [0.2, 0.25) is 0 Å². The van der Waals surface area contributed by atoms with Gasteiger partial charge >= 0.3 is 0 Å². The first kappa shape index (κ1) is 15.4. The van der Waals surface area contributed by atoms with Crippen molar-refractivity contribution >= 4 is 5.82 Å². The fraction of sp³-hybridized carbons (Fsp3) is 0.438. The second-order valence-electron chi connectivity index (χ2n) is 6.66. The smallest absolute Gasteiger partial charge is 0.252 e. The molecule has 0 bridgehead atoms. The number of nitrogens with zero attached hydrogens (tertiary/aromatic N) is 8. The highest BCUT2D eigenvalue weighted by molar-refractivity contribution is 5.63. The predicted octanol–water partition coefficient (Wildman–Crippen LogP) is 2.31. The zero-order chi connectivity index (χ0) is 17.9. The summed E-state index contributed by atoms with van der Waals surface area (Å²) in [7, 11) is 0. The van der Waals surface area contributed by atoms with Crippen LogP contribution in [0.3, 0.4) is 0 Å². The van der Waals surface area contributed by atoms with Crippen molar-refractivity contribution in [2.24, 2.45) is 0 Å². The van der Waals surface area contributed by atoms with Crippen molar-refractivity contribution in [2.75, 3.05) is 4.90 Å². The van der Waals surface area contributed by atoms with Crippen LogP contribution < -0.4 is 4.90 Å². The van der Waals surface area contributed by atoms with Crippen molar-refractivity contribution in [2.45, 2.75) is 44.2 Å². The Bertz CT molecular complexity index is 943. The Hall–Kier alpha value is -2.91. The zero-order valence-electron chi connectivity index (χ0n) is 14.0. The van der Waals surface area contributed by atoms with Gasteiger partial charge < -0.3 is 4.90 Å². The Morgan fingerprint density at radius 3 is 2.81 bits per heavy atom. The molecule has 1 aliphatic heterocycles. The Labute approximate surface area is 147 Å². The third kappa shape index (κ3) is 2.14. The average molecular weight is 358 g/mol. The molecular formula is C16H16F2N8. The van der Waals surface area contributed by atoms with Crippen LogP contribution >= 0.6 is 0 Å². The number of hydrogen-bond donors (Lipinski definition) is 0. The van der Waals surface area contributed by atoms with Gasteiger partial charge in [0.2, 0.25) is 5.95 Å². The molecule has 0 spiro atoms. The van der Waals surface area contributed by atoms with Gasteiger partial charge in [0.15, 0.2) is 11.6 Å². The van der Waals surface area contributed by atoms with Crippen LogP contribution in [0, 0.1) is 0 Å². The van der Waals surface area contributed by atoms with Crippen LogP contribution in [0.1, 0.15) is 38.1 Å². The van der Waals surface area contributed by atoms with Gasteiger partial charge in [-0.25, -0.2) is 18.7 Å². The molecule has 10 heteroatoms. The van der Waals surface area contributed by atoms with Gasteiger partial charge in [-0.2, -0.15) is 4.98 Å². The van der Waals surface area contributed by atoms with Gasteiger partial charge in [-0.1, -0.05) is 6.92 Å². The normalized spacial score (nSPS) is 21.2. The Morgan fingerprint density at radius 2 is 2.12 bits per heavy atom. The highest BCUT2D eigenvalue weighted by Gasteiger charge is 2.51. The number of imidazole rings is 1. The van der Waals surface area contributed by atoms with E-state index in [1.54, 1.807) is 35.8 Å².